The first kappa shape index (κ1) is 17.8. The van der Waals surface area contributed by atoms with Crippen molar-refractivity contribution in [1.29, 1.82) is 0 Å². The molecule has 0 radical (unpaired) electrons. The van der Waals surface area contributed by atoms with E-state index in [0.29, 0.717) is 43.2 Å². The van der Waals surface area contributed by atoms with Gasteiger partial charge < -0.3 is 15.2 Å². The van der Waals surface area contributed by atoms with Crippen molar-refractivity contribution < 1.29 is 14.3 Å². The summed E-state index contributed by atoms with van der Waals surface area (Å²) < 4.78 is 11.0. The second-order valence-electron chi connectivity index (χ2n) is 6.04. The molecule has 0 spiro atoms. The number of nitrogens with two attached hydrogens (primary N) is 1. The summed E-state index contributed by atoms with van der Waals surface area (Å²) in [5.41, 5.74) is 9.20. The summed E-state index contributed by atoms with van der Waals surface area (Å²) in [6.07, 6.45) is 1.04. The molecule has 6 nitrogen and oxygen atoms in total. The van der Waals surface area contributed by atoms with Crippen LogP contribution >= 0.6 is 0 Å². The predicted molar refractivity (Wildman–Crippen MR) is 101 cm³/mol. The molecule has 3 rings (SSSR count). The number of benzene rings is 2. The van der Waals surface area contributed by atoms with Crippen molar-refractivity contribution in [3.05, 3.63) is 53.6 Å². The fourth-order valence-corrected chi connectivity index (χ4v) is 2.85. The van der Waals surface area contributed by atoms with Gasteiger partial charge in [-0.1, -0.05) is 12.1 Å². The van der Waals surface area contributed by atoms with Gasteiger partial charge in [0.25, 0.3) is 0 Å². The molecule has 1 aliphatic heterocycles. The molecular weight excluding hydrogens is 330 g/mol. The summed E-state index contributed by atoms with van der Waals surface area (Å²) >= 11 is 0. The van der Waals surface area contributed by atoms with Crippen LogP contribution in [-0.4, -0.2) is 30.3 Å². The Hall–Kier alpha value is -3.02. The van der Waals surface area contributed by atoms with Gasteiger partial charge in [-0.2, -0.15) is 5.10 Å². The van der Waals surface area contributed by atoms with Crippen LogP contribution in [0.5, 0.6) is 11.5 Å². The Morgan fingerprint density at radius 1 is 1.12 bits per heavy atom. The number of nitrogens with zero attached hydrogens (tertiary/aromatic N) is 2. The minimum atomic E-state index is 0.0177. The van der Waals surface area contributed by atoms with Crippen LogP contribution in [0.15, 0.2) is 47.6 Å². The van der Waals surface area contributed by atoms with Gasteiger partial charge in [-0.05, 0) is 42.8 Å². The summed E-state index contributed by atoms with van der Waals surface area (Å²) in [5.74, 6) is 1.38. The molecule has 6 heteroatoms. The highest BCUT2D eigenvalue weighted by molar-refractivity contribution is 6.04. The molecule has 1 heterocycles. The van der Waals surface area contributed by atoms with Gasteiger partial charge in [-0.25, -0.2) is 5.01 Å². The van der Waals surface area contributed by atoms with Gasteiger partial charge in [-0.15, -0.1) is 0 Å². The highest BCUT2D eigenvalue weighted by atomic mass is 16.5. The van der Waals surface area contributed by atoms with E-state index < -0.39 is 0 Å². The minimum absolute atomic E-state index is 0.0177. The van der Waals surface area contributed by atoms with Gasteiger partial charge in [0.1, 0.15) is 0 Å². The third-order valence-corrected chi connectivity index (χ3v) is 4.21. The quantitative estimate of drug-likeness (QED) is 0.809. The summed E-state index contributed by atoms with van der Waals surface area (Å²) in [7, 11) is 1.61. The Kier molecular flexibility index (Phi) is 5.41. The first-order chi connectivity index (χ1) is 12.6. The van der Waals surface area contributed by atoms with Gasteiger partial charge in [0.2, 0.25) is 5.91 Å². The number of nitrogen functional groups attached to an aromatic ring is 1. The fraction of sp³-hybridized carbons (Fsp3) is 0.300. The number of amides is 1. The molecule has 0 atom stereocenters. The molecule has 0 saturated heterocycles. The Bertz CT molecular complexity index is 816. The number of carbonyl (C=O) groups is 1. The molecule has 0 fully saturated rings. The molecule has 2 aromatic rings. The summed E-state index contributed by atoms with van der Waals surface area (Å²) in [4.78, 5) is 12.3. The van der Waals surface area contributed by atoms with Crippen LogP contribution in [0, 0.1) is 0 Å². The summed E-state index contributed by atoms with van der Waals surface area (Å²) in [6.45, 7) is 2.91. The van der Waals surface area contributed by atoms with Crippen LogP contribution in [0.3, 0.4) is 0 Å². The number of rotatable bonds is 6. The zero-order valence-electron chi connectivity index (χ0n) is 15.1. The monoisotopic (exact) mass is 353 g/mol. The Labute approximate surface area is 153 Å². The molecule has 1 aliphatic rings. The minimum Gasteiger partial charge on any atom is -0.493 e. The number of hydrogen-bond donors (Lipinski definition) is 1. The number of carbonyl (C=O) groups excluding carboxylic acids is 1. The molecule has 0 unspecified atom stereocenters. The van der Waals surface area contributed by atoms with Crippen molar-refractivity contribution in [3.8, 4) is 11.5 Å². The van der Waals surface area contributed by atoms with Crippen molar-refractivity contribution in [3.63, 3.8) is 0 Å². The van der Waals surface area contributed by atoms with Crippen LogP contribution in [-0.2, 0) is 11.3 Å². The van der Waals surface area contributed by atoms with E-state index >= 15 is 0 Å². The summed E-state index contributed by atoms with van der Waals surface area (Å²) in [5, 5.41) is 6.10. The third kappa shape index (κ3) is 3.96. The topological polar surface area (TPSA) is 77.1 Å². The van der Waals surface area contributed by atoms with Crippen LogP contribution in [0.2, 0.25) is 0 Å². The number of hydrogen-bond acceptors (Lipinski definition) is 5. The van der Waals surface area contributed by atoms with Gasteiger partial charge in [0, 0.05) is 24.1 Å². The third-order valence-electron chi connectivity index (χ3n) is 4.21. The Balaban J connectivity index is 1.86. The molecule has 26 heavy (non-hydrogen) atoms. The maximum absolute atomic E-state index is 12.3. The maximum atomic E-state index is 12.3. The number of hydrazone groups is 1. The fourth-order valence-electron chi connectivity index (χ4n) is 2.85. The lowest BCUT2D eigenvalue weighted by Gasteiger charge is -2.24. The molecule has 0 saturated carbocycles. The molecule has 136 valence electrons. The maximum Gasteiger partial charge on any atom is 0.243 e. The van der Waals surface area contributed by atoms with E-state index in [2.05, 4.69) is 5.10 Å². The zero-order valence-corrected chi connectivity index (χ0v) is 15.1. The van der Waals surface area contributed by atoms with Crippen LogP contribution in [0.1, 0.15) is 30.9 Å². The largest absolute Gasteiger partial charge is 0.493 e. The van der Waals surface area contributed by atoms with Crippen molar-refractivity contribution in [2.24, 2.45) is 5.10 Å². The second kappa shape index (κ2) is 7.91. The number of methoxy groups -OCH3 is 1. The molecule has 1 amide bonds. The summed E-state index contributed by atoms with van der Waals surface area (Å²) in [6, 6.07) is 13.2. The lowest BCUT2D eigenvalue weighted by atomic mass is 10.0. The molecule has 0 aliphatic carbocycles. The van der Waals surface area contributed by atoms with E-state index in [9.17, 15) is 4.79 Å². The molecule has 0 bridgehead atoms. The molecule has 2 aromatic carbocycles. The van der Waals surface area contributed by atoms with Crippen molar-refractivity contribution in [2.45, 2.75) is 26.3 Å². The standard InChI is InChI=1S/C20H23N3O3/c1-3-26-19-12-15(6-10-18(19)25-2)17-9-11-20(24)23(22-17)13-14-4-7-16(21)8-5-14/h4-8,10,12H,3,9,11,13,21H2,1-2H3. The molecule has 0 aromatic heterocycles. The van der Waals surface area contributed by atoms with E-state index in [1.165, 1.54) is 5.01 Å². The molecular formula is C20H23N3O3. The first-order valence-corrected chi connectivity index (χ1v) is 8.64. The van der Waals surface area contributed by atoms with Gasteiger partial charge in [0.05, 0.1) is 26.0 Å². The number of anilines is 1. The average molecular weight is 353 g/mol. The van der Waals surface area contributed by atoms with E-state index in [1.54, 1.807) is 7.11 Å². The van der Waals surface area contributed by atoms with Crippen molar-refractivity contribution in [1.82, 2.24) is 5.01 Å². The second-order valence-corrected chi connectivity index (χ2v) is 6.04. The van der Waals surface area contributed by atoms with E-state index in [1.807, 2.05) is 49.4 Å². The SMILES string of the molecule is CCOc1cc(C2=NN(Cc3ccc(N)cc3)C(=O)CC2)ccc1OC. The predicted octanol–water partition coefficient (Wildman–Crippen LogP) is 3.20. The highest BCUT2D eigenvalue weighted by Gasteiger charge is 2.22. The highest BCUT2D eigenvalue weighted by Crippen LogP contribution is 2.29. The first-order valence-electron chi connectivity index (χ1n) is 8.64. The Morgan fingerprint density at radius 3 is 2.58 bits per heavy atom. The van der Waals surface area contributed by atoms with Crippen LogP contribution in [0.4, 0.5) is 5.69 Å². The van der Waals surface area contributed by atoms with Gasteiger partial charge in [-0.3, -0.25) is 4.79 Å². The van der Waals surface area contributed by atoms with E-state index in [-0.39, 0.29) is 5.91 Å². The Morgan fingerprint density at radius 2 is 1.88 bits per heavy atom. The normalized spacial score (nSPS) is 14.2. The average Bonchev–Trinajstić information content (AvgIpc) is 2.65. The smallest absolute Gasteiger partial charge is 0.243 e. The van der Waals surface area contributed by atoms with Crippen LogP contribution < -0.4 is 15.2 Å². The lowest BCUT2D eigenvalue weighted by Crippen LogP contribution is -2.31. The van der Waals surface area contributed by atoms with Gasteiger partial charge >= 0.3 is 0 Å². The van der Waals surface area contributed by atoms with E-state index in [0.717, 1.165) is 16.8 Å². The zero-order chi connectivity index (χ0) is 18.5. The van der Waals surface area contributed by atoms with Gasteiger partial charge in [0.15, 0.2) is 11.5 Å². The van der Waals surface area contributed by atoms with Crippen molar-refractivity contribution in [2.75, 3.05) is 19.5 Å². The van der Waals surface area contributed by atoms with E-state index in [4.69, 9.17) is 15.2 Å². The van der Waals surface area contributed by atoms with Crippen molar-refractivity contribution >= 4 is 17.3 Å². The molecule has 2 N–H and O–H groups in total. The number of ether oxygens (including phenoxy) is 2. The van der Waals surface area contributed by atoms with Crippen LogP contribution in [0.25, 0.3) is 0 Å². The lowest BCUT2D eigenvalue weighted by molar-refractivity contribution is -0.132.